The molecule has 148 valence electrons. The molecule has 0 N–H and O–H groups in total. The van der Waals surface area contributed by atoms with Crippen LogP contribution in [0.5, 0.6) is 0 Å². The Morgan fingerprint density at radius 3 is 2.37 bits per heavy atom. The molecule has 8 heteroatoms. The first-order valence-electron chi connectivity index (χ1n) is 10.5. The molecule has 0 unspecified atom stereocenters. The number of aromatic nitrogens is 6. The number of likely N-dealkylation sites (tertiary alicyclic amines) is 2. The Kier molecular flexibility index (Phi) is 5.83. The topological polar surface area (TPSA) is 67.9 Å². The number of rotatable bonds is 6. The normalized spacial score (nSPS) is 21.1. The first-order chi connectivity index (χ1) is 13.3. The van der Waals surface area contributed by atoms with Crippen LogP contribution < -0.4 is 0 Å². The fourth-order valence-electron chi connectivity index (χ4n) is 4.70. The number of hydrogen-bond acceptors (Lipinski definition) is 6. The van der Waals surface area contributed by atoms with Crippen molar-refractivity contribution in [3.8, 4) is 0 Å². The molecule has 2 aliphatic heterocycles. The van der Waals surface area contributed by atoms with Gasteiger partial charge < -0.3 is 14.4 Å². The summed E-state index contributed by atoms with van der Waals surface area (Å²) in [5.41, 5.74) is 0. The van der Waals surface area contributed by atoms with Crippen LogP contribution in [0.25, 0.3) is 0 Å². The molecule has 2 fully saturated rings. The van der Waals surface area contributed by atoms with E-state index in [0.717, 1.165) is 24.2 Å². The number of nitrogens with zero attached hydrogens (tertiary/aromatic N) is 8. The lowest BCUT2D eigenvalue weighted by molar-refractivity contribution is 0.0881. The maximum Gasteiger partial charge on any atom is 0.154 e. The molecular formula is C19H32N8. The number of piperidine rings is 2. The molecule has 27 heavy (non-hydrogen) atoms. The van der Waals surface area contributed by atoms with E-state index < -0.39 is 0 Å². The molecular weight excluding hydrogens is 340 g/mol. The highest BCUT2D eigenvalue weighted by atomic mass is 15.4. The van der Waals surface area contributed by atoms with Crippen molar-refractivity contribution in [1.82, 2.24) is 39.3 Å². The lowest BCUT2D eigenvalue weighted by atomic mass is 9.92. The van der Waals surface area contributed by atoms with Crippen molar-refractivity contribution >= 4 is 0 Å². The molecule has 2 aromatic rings. The van der Waals surface area contributed by atoms with E-state index in [1.807, 2.05) is 4.68 Å². The van der Waals surface area contributed by atoms with E-state index in [0.29, 0.717) is 12.5 Å². The minimum Gasteiger partial charge on any atom is -0.313 e. The summed E-state index contributed by atoms with van der Waals surface area (Å²) in [5, 5.41) is 13.2. The number of hydrogen-bond donors (Lipinski definition) is 0. The predicted octanol–water partition coefficient (Wildman–Crippen LogP) is 1.60. The van der Waals surface area contributed by atoms with E-state index in [-0.39, 0.29) is 0 Å². The Balaban J connectivity index is 1.36. The molecule has 0 aromatic carbocycles. The molecule has 0 spiro atoms. The largest absolute Gasteiger partial charge is 0.313 e. The van der Waals surface area contributed by atoms with Gasteiger partial charge in [-0.1, -0.05) is 6.92 Å². The van der Waals surface area contributed by atoms with Gasteiger partial charge in [0.15, 0.2) is 5.82 Å². The summed E-state index contributed by atoms with van der Waals surface area (Å²) in [7, 11) is 0. The third kappa shape index (κ3) is 4.06. The average Bonchev–Trinajstić information content (AvgIpc) is 3.38. The van der Waals surface area contributed by atoms with Crippen LogP contribution in [-0.4, -0.2) is 78.1 Å². The zero-order valence-electron chi connectivity index (χ0n) is 16.7. The lowest BCUT2D eigenvalue weighted by Gasteiger charge is -2.41. The summed E-state index contributed by atoms with van der Waals surface area (Å²) < 4.78 is 4.09. The van der Waals surface area contributed by atoms with Crippen LogP contribution in [0.1, 0.15) is 57.1 Å². The molecule has 0 saturated carbocycles. The van der Waals surface area contributed by atoms with Crippen molar-refractivity contribution in [3.63, 3.8) is 0 Å². The van der Waals surface area contributed by atoms with E-state index in [4.69, 9.17) is 0 Å². The summed E-state index contributed by atoms with van der Waals surface area (Å²) in [6.45, 7) is 12.1. The Hall–Kier alpha value is -1.80. The molecule has 0 bridgehead atoms. The maximum atomic E-state index is 4.58. The summed E-state index contributed by atoms with van der Waals surface area (Å²) in [6.07, 6.45) is 8.33. The van der Waals surface area contributed by atoms with Crippen LogP contribution in [0.15, 0.2) is 12.7 Å². The van der Waals surface area contributed by atoms with Gasteiger partial charge in [-0.05, 0) is 65.3 Å². The summed E-state index contributed by atoms with van der Waals surface area (Å²) >= 11 is 0. The molecule has 4 rings (SSSR count). The Morgan fingerprint density at radius 1 is 0.963 bits per heavy atom. The van der Waals surface area contributed by atoms with Gasteiger partial charge in [0.2, 0.25) is 0 Å². The first kappa shape index (κ1) is 18.6. The average molecular weight is 373 g/mol. The zero-order chi connectivity index (χ0) is 18.6. The van der Waals surface area contributed by atoms with Crippen LogP contribution in [0.3, 0.4) is 0 Å². The third-order valence-corrected chi connectivity index (χ3v) is 6.36. The minimum atomic E-state index is 0.522. The van der Waals surface area contributed by atoms with Gasteiger partial charge in [0, 0.05) is 18.5 Å². The second kappa shape index (κ2) is 8.48. The molecule has 0 aliphatic carbocycles. The predicted molar refractivity (Wildman–Crippen MR) is 104 cm³/mol. The molecule has 2 saturated heterocycles. The van der Waals surface area contributed by atoms with Crippen molar-refractivity contribution in [3.05, 3.63) is 24.3 Å². The van der Waals surface area contributed by atoms with Gasteiger partial charge >= 0.3 is 0 Å². The van der Waals surface area contributed by atoms with Crippen LogP contribution in [0, 0.1) is 0 Å². The van der Waals surface area contributed by atoms with Gasteiger partial charge in [0.1, 0.15) is 25.0 Å². The fraction of sp³-hybridized carbons (Fsp3) is 0.789. The maximum absolute atomic E-state index is 4.58. The first-order valence-corrected chi connectivity index (χ1v) is 10.5. The Morgan fingerprint density at radius 2 is 1.74 bits per heavy atom. The van der Waals surface area contributed by atoms with Crippen molar-refractivity contribution < 1.29 is 0 Å². The highest BCUT2D eigenvalue weighted by molar-refractivity contribution is 5.05. The summed E-state index contributed by atoms with van der Waals surface area (Å²) in [6, 6.07) is 0.778. The van der Waals surface area contributed by atoms with E-state index in [9.17, 15) is 0 Å². The minimum absolute atomic E-state index is 0.522. The highest BCUT2D eigenvalue weighted by Crippen LogP contribution is 2.30. The Labute approximate surface area is 161 Å². The van der Waals surface area contributed by atoms with E-state index >= 15 is 0 Å². The van der Waals surface area contributed by atoms with E-state index in [1.165, 1.54) is 58.4 Å². The van der Waals surface area contributed by atoms with Crippen molar-refractivity contribution in [1.29, 1.82) is 0 Å². The molecule has 0 atom stereocenters. The van der Waals surface area contributed by atoms with Gasteiger partial charge in [-0.3, -0.25) is 0 Å². The summed E-state index contributed by atoms with van der Waals surface area (Å²) in [4.78, 5) is 9.32. The van der Waals surface area contributed by atoms with Crippen LogP contribution in [0.2, 0.25) is 0 Å². The Bertz CT molecular complexity index is 693. The second-order valence-corrected chi connectivity index (χ2v) is 7.79. The van der Waals surface area contributed by atoms with Crippen LogP contribution >= 0.6 is 0 Å². The van der Waals surface area contributed by atoms with Crippen molar-refractivity contribution in [2.75, 3.05) is 32.7 Å². The van der Waals surface area contributed by atoms with E-state index in [2.05, 4.69) is 48.5 Å². The third-order valence-electron chi connectivity index (χ3n) is 6.36. The van der Waals surface area contributed by atoms with Crippen molar-refractivity contribution in [2.24, 2.45) is 0 Å². The lowest BCUT2D eigenvalue weighted by Crippen LogP contribution is -2.47. The van der Waals surface area contributed by atoms with Crippen LogP contribution in [0.4, 0.5) is 0 Å². The van der Waals surface area contributed by atoms with Gasteiger partial charge in [-0.25, -0.2) is 9.67 Å². The monoisotopic (exact) mass is 372 g/mol. The standard InChI is InChI=1S/C19H32N8/c1-3-24-9-7-17(8-10-24)25-11-5-16(6-12-25)19-23-22-18(27(19)4-2)13-26-15-20-14-21-26/h14-17H,3-13H2,1-2H3. The molecule has 4 heterocycles. The smallest absolute Gasteiger partial charge is 0.154 e. The van der Waals surface area contributed by atoms with Gasteiger partial charge in [0.05, 0.1) is 0 Å². The highest BCUT2D eigenvalue weighted by Gasteiger charge is 2.30. The van der Waals surface area contributed by atoms with Crippen molar-refractivity contribution in [2.45, 2.75) is 64.6 Å². The molecule has 2 aliphatic rings. The van der Waals surface area contributed by atoms with Gasteiger partial charge in [0.25, 0.3) is 0 Å². The second-order valence-electron chi connectivity index (χ2n) is 7.79. The zero-order valence-corrected chi connectivity index (χ0v) is 16.7. The SMILES string of the molecule is CCN1CCC(N2CCC(c3nnc(Cn4cncn4)n3CC)CC2)CC1. The molecule has 2 aromatic heterocycles. The summed E-state index contributed by atoms with van der Waals surface area (Å²) in [5.74, 6) is 2.66. The van der Waals surface area contributed by atoms with E-state index in [1.54, 1.807) is 12.7 Å². The quantitative estimate of drug-likeness (QED) is 0.767. The van der Waals surface area contributed by atoms with Gasteiger partial charge in [-0.2, -0.15) is 5.10 Å². The fourth-order valence-corrected chi connectivity index (χ4v) is 4.70. The van der Waals surface area contributed by atoms with Crippen LogP contribution in [-0.2, 0) is 13.1 Å². The molecule has 0 amide bonds. The molecule has 0 radical (unpaired) electrons. The molecule has 8 nitrogen and oxygen atoms in total. The van der Waals surface area contributed by atoms with Gasteiger partial charge in [-0.15, -0.1) is 10.2 Å².